The first kappa shape index (κ1) is 17.2. The predicted molar refractivity (Wildman–Crippen MR) is 107 cm³/mol. The molecule has 1 unspecified atom stereocenters. The summed E-state index contributed by atoms with van der Waals surface area (Å²) in [7, 11) is 1.67. The van der Waals surface area contributed by atoms with Gasteiger partial charge in [0.25, 0.3) is 0 Å². The fourth-order valence-corrected chi connectivity index (χ4v) is 3.41. The highest BCUT2D eigenvalue weighted by Crippen LogP contribution is 2.29. The molecule has 136 valence electrons. The number of carbonyl (C=O) groups excluding carboxylic acids is 1. The van der Waals surface area contributed by atoms with Crippen LogP contribution in [0.5, 0.6) is 5.75 Å². The molecule has 0 saturated carbocycles. The van der Waals surface area contributed by atoms with Gasteiger partial charge in [0, 0.05) is 28.7 Å². The zero-order chi connectivity index (χ0) is 18.6. The summed E-state index contributed by atoms with van der Waals surface area (Å²) in [5.41, 5.74) is 4.89. The van der Waals surface area contributed by atoms with Crippen LogP contribution in [0, 0.1) is 0 Å². The highest BCUT2D eigenvalue weighted by atomic mass is 16.5. The van der Waals surface area contributed by atoms with Gasteiger partial charge < -0.3 is 15.0 Å². The zero-order valence-corrected chi connectivity index (χ0v) is 15.2. The number of ether oxygens (including phenoxy) is 1. The van der Waals surface area contributed by atoms with E-state index >= 15 is 0 Å². The molecule has 0 aliphatic carbocycles. The van der Waals surface area contributed by atoms with E-state index in [1.54, 1.807) is 7.11 Å². The van der Waals surface area contributed by atoms with E-state index < -0.39 is 0 Å². The molecule has 1 aromatic heterocycles. The number of methoxy groups -OCH3 is 1. The Kier molecular flexibility index (Phi) is 4.79. The summed E-state index contributed by atoms with van der Waals surface area (Å²) in [6, 6.07) is 21.8. The Hall–Kier alpha value is -3.27. The number of hydrogen-bond donors (Lipinski definition) is 2. The maximum Gasteiger partial charge on any atom is 0.190 e. The number of nitrogens with one attached hydrogen (secondary N) is 2. The van der Waals surface area contributed by atoms with E-state index in [1.165, 1.54) is 0 Å². The summed E-state index contributed by atoms with van der Waals surface area (Å²) < 4.78 is 5.21. The van der Waals surface area contributed by atoms with E-state index in [0.717, 1.165) is 46.7 Å². The third kappa shape index (κ3) is 3.65. The van der Waals surface area contributed by atoms with E-state index in [4.69, 9.17) is 4.74 Å². The number of carbonyl (C=O) groups is 1. The number of allylic oxidation sites excluding steroid dienone is 1. The van der Waals surface area contributed by atoms with E-state index in [9.17, 15) is 4.79 Å². The van der Waals surface area contributed by atoms with Gasteiger partial charge in [0.1, 0.15) is 5.75 Å². The SMILES string of the molecule is COc1ccc(-c2ccc(C3CCC(C(=O)c4ccccc4)=CN3)[nH]2)cc1. The summed E-state index contributed by atoms with van der Waals surface area (Å²) in [6.07, 6.45) is 3.52. The Morgan fingerprint density at radius 3 is 2.44 bits per heavy atom. The molecule has 0 fully saturated rings. The van der Waals surface area contributed by atoms with Crippen LogP contribution in [-0.4, -0.2) is 17.9 Å². The number of benzene rings is 2. The molecule has 27 heavy (non-hydrogen) atoms. The van der Waals surface area contributed by atoms with Gasteiger partial charge in [-0.3, -0.25) is 4.79 Å². The van der Waals surface area contributed by atoms with E-state index in [-0.39, 0.29) is 11.8 Å². The molecule has 0 radical (unpaired) electrons. The average molecular weight is 358 g/mol. The molecule has 4 heteroatoms. The Bertz CT molecular complexity index is 956. The van der Waals surface area contributed by atoms with E-state index in [1.807, 2.05) is 60.8 Å². The Morgan fingerprint density at radius 1 is 1.00 bits per heavy atom. The summed E-state index contributed by atoms with van der Waals surface area (Å²) in [4.78, 5) is 16.1. The molecule has 1 atom stereocenters. The number of rotatable bonds is 5. The molecule has 2 heterocycles. The van der Waals surface area contributed by atoms with Crippen LogP contribution in [0.2, 0.25) is 0 Å². The van der Waals surface area contributed by atoms with Gasteiger partial charge in [-0.25, -0.2) is 0 Å². The molecule has 3 aromatic rings. The molecule has 1 aliphatic heterocycles. The fourth-order valence-electron chi connectivity index (χ4n) is 3.41. The molecule has 2 N–H and O–H groups in total. The van der Waals surface area contributed by atoms with Crippen LogP contribution in [-0.2, 0) is 0 Å². The molecule has 0 amide bonds. The van der Waals surface area contributed by atoms with Crippen molar-refractivity contribution < 1.29 is 9.53 Å². The van der Waals surface area contributed by atoms with Crippen LogP contribution in [0.1, 0.15) is 34.9 Å². The molecule has 0 bridgehead atoms. The molecule has 2 aromatic carbocycles. The Morgan fingerprint density at radius 2 is 1.78 bits per heavy atom. The van der Waals surface area contributed by atoms with Gasteiger partial charge in [-0.1, -0.05) is 30.3 Å². The zero-order valence-electron chi connectivity index (χ0n) is 15.2. The standard InChI is InChI=1S/C23H22N2O2/c1-27-19-10-7-16(8-11-19)20-13-14-22(25-20)21-12-9-18(15-24-21)23(26)17-5-3-2-4-6-17/h2-8,10-11,13-15,21,24-25H,9,12H2,1H3. The van der Waals surface area contributed by atoms with Crippen LogP contribution in [0.3, 0.4) is 0 Å². The normalized spacial score (nSPS) is 16.3. The minimum atomic E-state index is 0.104. The van der Waals surface area contributed by atoms with Gasteiger partial charge in [0.2, 0.25) is 0 Å². The van der Waals surface area contributed by atoms with Gasteiger partial charge in [-0.2, -0.15) is 0 Å². The minimum Gasteiger partial charge on any atom is -0.497 e. The van der Waals surface area contributed by atoms with Crippen LogP contribution in [0.4, 0.5) is 0 Å². The van der Waals surface area contributed by atoms with Crippen molar-refractivity contribution in [3.05, 3.63) is 89.8 Å². The summed E-state index contributed by atoms with van der Waals surface area (Å²) in [6.45, 7) is 0. The largest absolute Gasteiger partial charge is 0.497 e. The molecular formula is C23H22N2O2. The van der Waals surface area contributed by atoms with Crippen molar-refractivity contribution in [2.24, 2.45) is 0 Å². The van der Waals surface area contributed by atoms with Crippen LogP contribution in [0.15, 0.2) is 78.5 Å². The Labute approximate surface area is 158 Å². The number of ketones is 1. The minimum absolute atomic E-state index is 0.104. The second-order valence-electron chi connectivity index (χ2n) is 6.68. The predicted octanol–water partition coefficient (Wildman–Crippen LogP) is 4.88. The lowest BCUT2D eigenvalue weighted by Gasteiger charge is -2.23. The fraction of sp³-hybridized carbons (Fsp3) is 0.174. The second kappa shape index (κ2) is 7.54. The van der Waals surface area contributed by atoms with Crippen LogP contribution in [0.25, 0.3) is 11.3 Å². The highest BCUT2D eigenvalue weighted by Gasteiger charge is 2.21. The van der Waals surface area contributed by atoms with E-state index in [0.29, 0.717) is 0 Å². The topological polar surface area (TPSA) is 54.1 Å². The Balaban J connectivity index is 1.46. The molecule has 0 saturated heterocycles. The third-order valence-electron chi connectivity index (χ3n) is 4.97. The summed E-state index contributed by atoms with van der Waals surface area (Å²) in [5.74, 6) is 0.951. The summed E-state index contributed by atoms with van der Waals surface area (Å²) >= 11 is 0. The van der Waals surface area contributed by atoms with Crippen molar-refractivity contribution in [3.63, 3.8) is 0 Å². The molecule has 0 spiro atoms. The van der Waals surface area contributed by atoms with Crippen LogP contribution < -0.4 is 10.1 Å². The lowest BCUT2D eigenvalue weighted by Crippen LogP contribution is -2.23. The summed E-state index contributed by atoms with van der Waals surface area (Å²) in [5, 5.41) is 3.39. The lowest BCUT2D eigenvalue weighted by atomic mass is 9.94. The lowest BCUT2D eigenvalue weighted by molar-refractivity contribution is 0.102. The van der Waals surface area contributed by atoms with E-state index in [2.05, 4.69) is 22.4 Å². The third-order valence-corrected chi connectivity index (χ3v) is 4.97. The second-order valence-corrected chi connectivity index (χ2v) is 6.68. The molecule has 1 aliphatic rings. The first-order valence-corrected chi connectivity index (χ1v) is 9.13. The van der Waals surface area contributed by atoms with Crippen molar-refractivity contribution in [2.75, 3.05) is 7.11 Å². The number of Topliss-reactive ketones (excluding diaryl/α,β-unsaturated/α-hetero) is 1. The van der Waals surface area contributed by atoms with Crippen molar-refractivity contribution in [3.8, 4) is 17.0 Å². The number of aromatic amines is 1. The quantitative estimate of drug-likeness (QED) is 0.639. The van der Waals surface area contributed by atoms with Crippen LogP contribution >= 0.6 is 0 Å². The van der Waals surface area contributed by atoms with Crippen molar-refractivity contribution in [1.82, 2.24) is 10.3 Å². The van der Waals surface area contributed by atoms with Crippen molar-refractivity contribution >= 4 is 5.78 Å². The molecular weight excluding hydrogens is 336 g/mol. The van der Waals surface area contributed by atoms with Gasteiger partial charge in [-0.15, -0.1) is 0 Å². The van der Waals surface area contributed by atoms with Gasteiger partial charge in [0.15, 0.2) is 5.78 Å². The molecule has 4 nitrogen and oxygen atoms in total. The first-order chi connectivity index (χ1) is 13.2. The average Bonchev–Trinajstić information content (AvgIpc) is 3.24. The van der Waals surface area contributed by atoms with Gasteiger partial charge >= 0.3 is 0 Å². The number of hydrogen-bond acceptors (Lipinski definition) is 3. The monoisotopic (exact) mass is 358 g/mol. The first-order valence-electron chi connectivity index (χ1n) is 9.13. The van der Waals surface area contributed by atoms with Gasteiger partial charge in [0.05, 0.1) is 13.2 Å². The van der Waals surface area contributed by atoms with Gasteiger partial charge in [-0.05, 0) is 54.8 Å². The highest BCUT2D eigenvalue weighted by molar-refractivity contribution is 6.08. The molecule has 4 rings (SSSR count). The number of H-pyrrole nitrogens is 1. The number of aromatic nitrogens is 1. The maximum absolute atomic E-state index is 12.6. The van der Waals surface area contributed by atoms with Crippen molar-refractivity contribution in [2.45, 2.75) is 18.9 Å². The smallest absolute Gasteiger partial charge is 0.190 e. The maximum atomic E-state index is 12.6. The van der Waals surface area contributed by atoms with Crippen molar-refractivity contribution in [1.29, 1.82) is 0 Å².